The third-order valence-electron chi connectivity index (χ3n) is 3.94. The van der Waals surface area contributed by atoms with Crippen LogP contribution in [0.1, 0.15) is 12.0 Å². The van der Waals surface area contributed by atoms with Crippen molar-refractivity contribution in [3.05, 3.63) is 35.9 Å². The number of carbonyl (C=O) groups excluding carboxylic acids is 1. The molecule has 0 bridgehead atoms. The van der Waals surface area contributed by atoms with Gasteiger partial charge in [0.05, 0.1) is 13.2 Å². The molecule has 1 aromatic carbocycles. The lowest BCUT2D eigenvalue weighted by atomic mass is 10.1. The number of likely N-dealkylation sites (tertiary alicyclic amines) is 1. The van der Waals surface area contributed by atoms with Crippen LogP contribution >= 0.6 is 24.0 Å². The van der Waals surface area contributed by atoms with Crippen molar-refractivity contribution in [2.45, 2.75) is 13.0 Å². The zero-order chi connectivity index (χ0) is 16.5. The van der Waals surface area contributed by atoms with E-state index in [1.807, 2.05) is 30.3 Å². The van der Waals surface area contributed by atoms with E-state index in [9.17, 15) is 4.79 Å². The number of halogens is 1. The van der Waals surface area contributed by atoms with Gasteiger partial charge in [-0.1, -0.05) is 30.3 Å². The van der Waals surface area contributed by atoms with E-state index in [0.717, 1.165) is 37.6 Å². The maximum atomic E-state index is 12.0. The molecule has 134 valence electrons. The predicted octanol–water partition coefficient (Wildman–Crippen LogP) is 1.46. The molecule has 1 aliphatic heterocycles. The smallest absolute Gasteiger partial charge is 0.239 e. The summed E-state index contributed by atoms with van der Waals surface area (Å²) in [6, 6.07) is 9.88. The number of benzene rings is 1. The van der Waals surface area contributed by atoms with Crippen LogP contribution in [-0.4, -0.2) is 57.2 Å². The van der Waals surface area contributed by atoms with E-state index < -0.39 is 0 Å². The first kappa shape index (κ1) is 20.7. The second-order valence-corrected chi connectivity index (χ2v) is 5.72. The summed E-state index contributed by atoms with van der Waals surface area (Å²) in [6.07, 6.45) is 1.09. The van der Waals surface area contributed by atoms with Gasteiger partial charge < -0.3 is 20.3 Å². The van der Waals surface area contributed by atoms with Gasteiger partial charge in [0, 0.05) is 39.7 Å². The Morgan fingerprint density at radius 3 is 2.75 bits per heavy atom. The number of nitrogens with zero attached hydrogens (tertiary/aromatic N) is 2. The van der Waals surface area contributed by atoms with Gasteiger partial charge >= 0.3 is 0 Å². The largest absolute Gasteiger partial charge is 0.384 e. The molecule has 1 aliphatic rings. The number of hydrogen-bond acceptors (Lipinski definition) is 3. The average molecular weight is 446 g/mol. The molecule has 2 N–H and O–H groups in total. The Bertz CT molecular complexity index is 525. The highest BCUT2D eigenvalue weighted by Gasteiger charge is 2.24. The van der Waals surface area contributed by atoms with Crippen molar-refractivity contribution in [2.75, 3.05) is 40.4 Å². The molecule has 1 saturated heterocycles. The molecule has 0 saturated carbocycles. The van der Waals surface area contributed by atoms with Gasteiger partial charge in [0.2, 0.25) is 5.91 Å². The highest BCUT2D eigenvalue weighted by molar-refractivity contribution is 14.0. The van der Waals surface area contributed by atoms with Gasteiger partial charge in [0.1, 0.15) is 0 Å². The van der Waals surface area contributed by atoms with E-state index in [1.165, 1.54) is 0 Å². The Kier molecular flexibility index (Phi) is 9.70. The van der Waals surface area contributed by atoms with E-state index in [2.05, 4.69) is 20.5 Å². The van der Waals surface area contributed by atoms with Crippen LogP contribution < -0.4 is 10.6 Å². The zero-order valence-electron chi connectivity index (χ0n) is 14.3. The summed E-state index contributed by atoms with van der Waals surface area (Å²) < 4.78 is 5.21. The number of aliphatic imine (C=N–C) groups is 1. The van der Waals surface area contributed by atoms with Crippen molar-refractivity contribution in [1.29, 1.82) is 0 Å². The Morgan fingerprint density at radius 1 is 1.33 bits per heavy atom. The highest BCUT2D eigenvalue weighted by atomic mass is 127. The fraction of sp³-hybridized carbons (Fsp3) is 0.529. The number of ether oxygens (including phenoxy) is 1. The molecule has 1 unspecified atom stereocenters. The number of rotatable bonds is 6. The zero-order valence-corrected chi connectivity index (χ0v) is 16.7. The van der Waals surface area contributed by atoms with Gasteiger partial charge in [-0.05, 0) is 12.0 Å². The fourth-order valence-corrected chi connectivity index (χ4v) is 2.75. The molecule has 2 rings (SSSR count). The Morgan fingerprint density at radius 2 is 2.08 bits per heavy atom. The standard InChI is InChI=1S/C17H26N4O2.HI/c1-18-17(21-9-8-15(12-21)13-23-2)20-11-16(22)19-10-14-6-4-3-5-7-14;/h3-7,15H,8-13H2,1-2H3,(H,18,20)(H,19,22);1H. The SMILES string of the molecule is CN=C(NCC(=O)NCc1ccccc1)N1CCC(COC)C1.I. The van der Waals surface area contributed by atoms with Crippen LogP contribution in [0.3, 0.4) is 0 Å². The van der Waals surface area contributed by atoms with Crippen LogP contribution in [0, 0.1) is 5.92 Å². The summed E-state index contributed by atoms with van der Waals surface area (Å²) in [4.78, 5) is 18.4. The van der Waals surface area contributed by atoms with Crippen LogP contribution in [0.25, 0.3) is 0 Å². The molecule has 24 heavy (non-hydrogen) atoms. The number of nitrogens with one attached hydrogen (secondary N) is 2. The second-order valence-electron chi connectivity index (χ2n) is 5.72. The molecule has 6 nitrogen and oxygen atoms in total. The maximum absolute atomic E-state index is 12.0. The fourth-order valence-electron chi connectivity index (χ4n) is 2.75. The molecule has 1 aromatic rings. The van der Waals surface area contributed by atoms with Crippen molar-refractivity contribution in [1.82, 2.24) is 15.5 Å². The van der Waals surface area contributed by atoms with Crippen LogP contribution in [0.15, 0.2) is 35.3 Å². The monoisotopic (exact) mass is 446 g/mol. The van der Waals surface area contributed by atoms with Crippen LogP contribution in [0.4, 0.5) is 0 Å². The third-order valence-corrected chi connectivity index (χ3v) is 3.94. The first-order chi connectivity index (χ1) is 11.2. The molecule has 1 amide bonds. The van der Waals surface area contributed by atoms with Crippen molar-refractivity contribution in [3.8, 4) is 0 Å². The van der Waals surface area contributed by atoms with E-state index >= 15 is 0 Å². The molecule has 0 aliphatic carbocycles. The minimum absolute atomic E-state index is 0. The van der Waals surface area contributed by atoms with Gasteiger partial charge in [-0.25, -0.2) is 0 Å². The highest BCUT2D eigenvalue weighted by Crippen LogP contribution is 2.16. The van der Waals surface area contributed by atoms with Crippen molar-refractivity contribution in [2.24, 2.45) is 10.9 Å². The molecule has 0 radical (unpaired) electrons. The molecule has 0 aromatic heterocycles. The van der Waals surface area contributed by atoms with Crippen LogP contribution in [0.2, 0.25) is 0 Å². The molecule has 1 fully saturated rings. The summed E-state index contributed by atoms with van der Waals surface area (Å²) in [5, 5.41) is 6.04. The van der Waals surface area contributed by atoms with Gasteiger partial charge in [-0.3, -0.25) is 9.79 Å². The predicted molar refractivity (Wildman–Crippen MR) is 107 cm³/mol. The summed E-state index contributed by atoms with van der Waals surface area (Å²) in [6.45, 7) is 3.40. The minimum atomic E-state index is -0.0392. The van der Waals surface area contributed by atoms with E-state index in [1.54, 1.807) is 14.2 Å². The first-order valence-corrected chi connectivity index (χ1v) is 7.98. The number of guanidine groups is 1. The lowest BCUT2D eigenvalue weighted by molar-refractivity contribution is -0.120. The Hall–Kier alpha value is -1.35. The maximum Gasteiger partial charge on any atom is 0.239 e. The lowest BCUT2D eigenvalue weighted by Crippen LogP contribution is -2.44. The molecule has 1 atom stereocenters. The summed E-state index contributed by atoms with van der Waals surface area (Å²) in [5.74, 6) is 1.27. The first-order valence-electron chi connectivity index (χ1n) is 7.98. The van der Waals surface area contributed by atoms with Gasteiger partial charge in [0.25, 0.3) is 0 Å². The van der Waals surface area contributed by atoms with Gasteiger partial charge in [0.15, 0.2) is 5.96 Å². The topological polar surface area (TPSA) is 66.0 Å². The van der Waals surface area contributed by atoms with Crippen molar-refractivity contribution >= 4 is 35.8 Å². The summed E-state index contributed by atoms with van der Waals surface area (Å²) in [5.41, 5.74) is 1.09. The number of methoxy groups -OCH3 is 1. The van der Waals surface area contributed by atoms with Crippen LogP contribution in [-0.2, 0) is 16.1 Å². The molecular weight excluding hydrogens is 419 g/mol. The summed E-state index contributed by atoms with van der Waals surface area (Å²) in [7, 11) is 3.47. The van der Waals surface area contributed by atoms with E-state index in [0.29, 0.717) is 12.5 Å². The van der Waals surface area contributed by atoms with Gasteiger partial charge in [-0.15, -0.1) is 24.0 Å². The van der Waals surface area contributed by atoms with E-state index in [4.69, 9.17) is 4.74 Å². The molecule has 7 heteroatoms. The normalized spacial score (nSPS) is 17.3. The van der Waals surface area contributed by atoms with Crippen molar-refractivity contribution in [3.63, 3.8) is 0 Å². The van der Waals surface area contributed by atoms with Crippen LogP contribution in [0.5, 0.6) is 0 Å². The van der Waals surface area contributed by atoms with Crippen molar-refractivity contribution < 1.29 is 9.53 Å². The number of amides is 1. The molecule has 0 spiro atoms. The summed E-state index contributed by atoms with van der Waals surface area (Å²) >= 11 is 0. The molecular formula is C17H27IN4O2. The Labute approximate surface area is 161 Å². The minimum Gasteiger partial charge on any atom is -0.384 e. The lowest BCUT2D eigenvalue weighted by Gasteiger charge is -2.21. The number of carbonyl (C=O) groups is 1. The quantitative estimate of drug-likeness (QED) is 0.395. The number of hydrogen-bond donors (Lipinski definition) is 2. The van der Waals surface area contributed by atoms with E-state index in [-0.39, 0.29) is 36.4 Å². The average Bonchev–Trinajstić information content (AvgIpc) is 3.03. The van der Waals surface area contributed by atoms with Gasteiger partial charge in [-0.2, -0.15) is 0 Å². The third kappa shape index (κ3) is 6.64. The second kappa shape index (κ2) is 11.2. The molecule has 1 heterocycles. The Balaban J connectivity index is 0.00000288.